The Morgan fingerprint density at radius 2 is 2.00 bits per heavy atom. The van der Waals surface area contributed by atoms with Gasteiger partial charge in [0.1, 0.15) is 13.2 Å². The van der Waals surface area contributed by atoms with Gasteiger partial charge in [-0.05, 0) is 30.9 Å². The lowest BCUT2D eigenvalue weighted by molar-refractivity contribution is -0.120. The number of carbonyl (C=O) groups is 1. The molecule has 21 heavy (non-hydrogen) atoms. The molecule has 2 N–H and O–H groups in total. The minimum Gasteiger partial charge on any atom is -0.486 e. The van der Waals surface area contributed by atoms with Crippen LogP contribution in [-0.2, 0) is 11.3 Å². The Labute approximate surface area is 129 Å². The van der Waals surface area contributed by atoms with E-state index in [9.17, 15) is 4.79 Å². The minimum atomic E-state index is 0.0808. The maximum absolute atomic E-state index is 11.4. The third kappa shape index (κ3) is 4.54. The first-order valence-corrected chi connectivity index (χ1v) is 8.41. The summed E-state index contributed by atoms with van der Waals surface area (Å²) in [6.07, 6.45) is 2.54. The Morgan fingerprint density at radius 1 is 1.29 bits per heavy atom. The number of fused-ring (bicyclic) bond motifs is 1. The fraction of sp³-hybridized carbons (Fsp3) is 0.533. The second-order valence-corrected chi connectivity index (χ2v) is 5.54. The Balaban J connectivity index is 1.91. The van der Waals surface area contributed by atoms with E-state index in [0.717, 1.165) is 11.5 Å². The van der Waals surface area contributed by atoms with Gasteiger partial charge in [-0.25, -0.2) is 0 Å². The maximum Gasteiger partial charge on any atom is 0.221 e. The van der Waals surface area contributed by atoms with Crippen molar-refractivity contribution >= 4 is 17.7 Å². The van der Waals surface area contributed by atoms with Crippen LogP contribution in [-0.4, -0.2) is 38.5 Å². The van der Waals surface area contributed by atoms with Crippen molar-refractivity contribution in [2.45, 2.75) is 24.8 Å². The predicted molar refractivity (Wildman–Crippen MR) is 84.2 cm³/mol. The van der Waals surface area contributed by atoms with Gasteiger partial charge in [0, 0.05) is 31.0 Å². The molecule has 1 amide bonds. The number of amides is 1. The highest BCUT2D eigenvalue weighted by Crippen LogP contribution is 2.36. The van der Waals surface area contributed by atoms with Gasteiger partial charge in [-0.15, -0.1) is 11.8 Å². The molecule has 0 bridgehead atoms. The van der Waals surface area contributed by atoms with E-state index in [1.54, 1.807) is 11.8 Å². The topological polar surface area (TPSA) is 59.6 Å². The number of thioether (sulfide) groups is 1. The van der Waals surface area contributed by atoms with Crippen LogP contribution in [0.4, 0.5) is 0 Å². The molecule has 1 heterocycles. The van der Waals surface area contributed by atoms with Crippen LogP contribution in [0.2, 0.25) is 0 Å². The van der Waals surface area contributed by atoms with Crippen LogP contribution in [0.5, 0.6) is 11.5 Å². The van der Waals surface area contributed by atoms with Crippen molar-refractivity contribution < 1.29 is 14.3 Å². The van der Waals surface area contributed by atoms with Crippen LogP contribution in [0, 0.1) is 0 Å². The van der Waals surface area contributed by atoms with Crippen LogP contribution in [0.15, 0.2) is 17.0 Å². The molecule has 0 unspecified atom stereocenters. The molecule has 1 aromatic carbocycles. The third-order valence-electron chi connectivity index (χ3n) is 3.16. The number of carbonyl (C=O) groups excluding carboxylic acids is 1. The molecular weight excluding hydrogens is 288 g/mol. The van der Waals surface area contributed by atoms with Gasteiger partial charge in [0.2, 0.25) is 5.91 Å². The summed E-state index contributed by atoms with van der Waals surface area (Å²) in [6, 6.07) is 4.05. The molecule has 1 aliphatic rings. The number of benzene rings is 1. The number of ether oxygens (including phenoxy) is 2. The quantitative estimate of drug-likeness (QED) is 0.594. The second kappa shape index (κ2) is 8.14. The molecule has 0 fully saturated rings. The SMILES string of the molecule is CCNC(=O)CCNCc1cc2c(cc1SC)OCCO2. The first-order valence-electron chi connectivity index (χ1n) is 7.18. The second-order valence-electron chi connectivity index (χ2n) is 4.69. The zero-order valence-electron chi connectivity index (χ0n) is 12.5. The van der Waals surface area contributed by atoms with Crippen molar-refractivity contribution in [2.24, 2.45) is 0 Å². The van der Waals surface area contributed by atoms with Crippen molar-refractivity contribution in [2.75, 3.05) is 32.6 Å². The molecule has 0 aromatic heterocycles. The first kappa shape index (κ1) is 16.0. The van der Waals surface area contributed by atoms with E-state index in [4.69, 9.17) is 9.47 Å². The van der Waals surface area contributed by atoms with Gasteiger partial charge < -0.3 is 20.1 Å². The Morgan fingerprint density at radius 3 is 2.67 bits per heavy atom. The monoisotopic (exact) mass is 310 g/mol. The molecule has 116 valence electrons. The molecule has 1 aliphatic heterocycles. The molecule has 0 aliphatic carbocycles. The average molecular weight is 310 g/mol. The van der Waals surface area contributed by atoms with Crippen LogP contribution in [0.3, 0.4) is 0 Å². The summed E-state index contributed by atoms with van der Waals surface area (Å²) >= 11 is 1.69. The van der Waals surface area contributed by atoms with E-state index >= 15 is 0 Å². The molecule has 0 spiro atoms. The molecule has 0 saturated carbocycles. The van der Waals surface area contributed by atoms with Gasteiger partial charge in [0.25, 0.3) is 0 Å². The van der Waals surface area contributed by atoms with E-state index in [0.29, 0.717) is 39.3 Å². The van der Waals surface area contributed by atoms with E-state index in [2.05, 4.69) is 10.6 Å². The zero-order valence-corrected chi connectivity index (χ0v) is 13.3. The smallest absolute Gasteiger partial charge is 0.221 e. The fourth-order valence-electron chi connectivity index (χ4n) is 2.15. The van der Waals surface area contributed by atoms with Gasteiger partial charge in [0.05, 0.1) is 0 Å². The molecule has 6 heteroatoms. The fourth-order valence-corrected chi connectivity index (χ4v) is 2.77. The van der Waals surface area contributed by atoms with Gasteiger partial charge in [-0.1, -0.05) is 0 Å². The van der Waals surface area contributed by atoms with Crippen LogP contribution in [0.25, 0.3) is 0 Å². The number of hydrogen-bond donors (Lipinski definition) is 2. The van der Waals surface area contributed by atoms with Gasteiger partial charge in [-0.3, -0.25) is 4.79 Å². The summed E-state index contributed by atoms with van der Waals surface area (Å²) < 4.78 is 11.2. The number of rotatable bonds is 7. The zero-order chi connectivity index (χ0) is 15.1. The highest BCUT2D eigenvalue weighted by atomic mass is 32.2. The number of nitrogens with one attached hydrogen (secondary N) is 2. The summed E-state index contributed by atoms with van der Waals surface area (Å²) in [5, 5.41) is 6.09. The molecule has 0 radical (unpaired) electrons. The third-order valence-corrected chi connectivity index (χ3v) is 3.98. The summed E-state index contributed by atoms with van der Waals surface area (Å²) in [6.45, 7) is 5.17. The van der Waals surface area contributed by atoms with E-state index in [-0.39, 0.29) is 5.91 Å². The van der Waals surface area contributed by atoms with Crippen LogP contribution < -0.4 is 20.1 Å². The Kier molecular flexibility index (Phi) is 6.20. The van der Waals surface area contributed by atoms with Crippen molar-refractivity contribution in [3.05, 3.63) is 17.7 Å². The highest BCUT2D eigenvalue weighted by molar-refractivity contribution is 7.98. The Bertz CT molecular complexity index is 494. The van der Waals surface area contributed by atoms with Crippen molar-refractivity contribution in [1.82, 2.24) is 10.6 Å². The lowest BCUT2D eigenvalue weighted by atomic mass is 10.2. The summed E-state index contributed by atoms with van der Waals surface area (Å²) in [4.78, 5) is 12.5. The predicted octanol–water partition coefficient (Wildman–Crippen LogP) is 1.80. The highest BCUT2D eigenvalue weighted by Gasteiger charge is 2.15. The summed E-state index contributed by atoms with van der Waals surface area (Å²) in [5.41, 5.74) is 1.17. The molecule has 5 nitrogen and oxygen atoms in total. The lowest BCUT2D eigenvalue weighted by Crippen LogP contribution is -2.27. The largest absolute Gasteiger partial charge is 0.486 e. The molecule has 0 atom stereocenters. The molecular formula is C15H22N2O3S. The summed E-state index contributed by atoms with van der Waals surface area (Å²) in [7, 11) is 0. The number of hydrogen-bond acceptors (Lipinski definition) is 5. The lowest BCUT2D eigenvalue weighted by Gasteiger charge is -2.21. The Hall–Kier alpha value is -1.40. The minimum absolute atomic E-state index is 0.0808. The van der Waals surface area contributed by atoms with Crippen molar-refractivity contribution in [3.63, 3.8) is 0 Å². The van der Waals surface area contributed by atoms with E-state index in [1.807, 2.05) is 25.3 Å². The maximum atomic E-state index is 11.4. The van der Waals surface area contributed by atoms with Crippen molar-refractivity contribution in [3.8, 4) is 11.5 Å². The average Bonchev–Trinajstić information content (AvgIpc) is 2.51. The first-order chi connectivity index (χ1) is 10.2. The molecule has 2 rings (SSSR count). The van der Waals surface area contributed by atoms with E-state index in [1.165, 1.54) is 10.5 Å². The standard InChI is InChI=1S/C15H22N2O3S/c1-3-17-15(18)4-5-16-10-11-8-12-13(9-14(11)21-2)20-7-6-19-12/h8-9,16H,3-7,10H2,1-2H3,(H,17,18). The molecule has 0 saturated heterocycles. The van der Waals surface area contributed by atoms with Crippen LogP contribution >= 0.6 is 11.8 Å². The van der Waals surface area contributed by atoms with E-state index < -0.39 is 0 Å². The normalized spacial score (nSPS) is 13.0. The van der Waals surface area contributed by atoms with Gasteiger partial charge in [0.15, 0.2) is 11.5 Å². The molecule has 1 aromatic rings. The van der Waals surface area contributed by atoms with Crippen LogP contribution in [0.1, 0.15) is 18.9 Å². The van der Waals surface area contributed by atoms with Crippen molar-refractivity contribution in [1.29, 1.82) is 0 Å². The van der Waals surface area contributed by atoms with Gasteiger partial charge in [-0.2, -0.15) is 0 Å². The van der Waals surface area contributed by atoms with Gasteiger partial charge >= 0.3 is 0 Å². The summed E-state index contributed by atoms with van der Waals surface area (Å²) in [5.74, 6) is 1.70.